The van der Waals surface area contributed by atoms with E-state index in [0.29, 0.717) is 32.0 Å². The van der Waals surface area contributed by atoms with Crippen LogP contribution in [0.15, 0.2) is 0 Å². The van der Waals surface area contributed by atoms with Gasteiger partial charge in [0.25, 0.3) is 0 Å². The Morgan fingerprint density at radius 1 is 1.47 bits per heavy atom. The van der Waals surface area contributed by atoms with Crippen LogP contribution in [0.2, 0.25) is 0 Å². The Balaban J connectivity index is 1.74. The Bertz CT molecular complexity index is 333. The molecule has 2 saturated heterocycles. The quantitative estimate of drug-likeness (QED) is 0.755. The molecule has 0 aromatic heterocycles. The highest BCUT2D eigenvalue weighted by atomic mass is 16.5. The van der Waals surface area contributed by atoms with Crippen molar-refractivity contribution >= 4 is 11.8 Å². The van der Waals surface area contributed by atoms with E-state index in [1.807, 2.05) is 11.8 Å². The molecule has 19 heavy (non-hydrogen) atoms. The third-order valence-electron chi connectivity index (χ3n) is 4.06. The fourth-order valence-corrected chi connectivity index (χ4v) is 2.96. The highest BCUT2D eigenvalue weighted by Gasteiger charge is 2.34. The first-order chi connectivity index (χ1) is 9.20. The van der Waals surface area contributed by atoms with Crippen molar-refractivity contribution in [2.75, 3.05) is 26.3 Å². The number of hydrogen-bond acceptors (Lipinski definition) is 3. The van der Waals surface area contributed by atoms with Gasteiger partial charge in [-0.15, -0.1) is 0 Å². The molecule has 2 atom stereocenters. The molecule has 0 aromatic carbocycles. The molecule has 5 nitrogen and oxygen atoms in total. The fraction of sp³-hybridized carbons (Fsp3) is 0.857. The molecule has 2 fully saturated rings. The molecule has 0 radical (unpaired) electrons. The molecule has 2 heterocycles. The molecule has 0 bridgehead atoms. The number of ether oxygens (including phenoxy) is 1. The Hall–Kier alpha value is -1.10. The van der Waals surface area contributed by atoms with Gasteiger partial charge in [-0.2, -0.15) is 0 Å². The number of hydrogen-bond donors (Lipinski definition) is 1. The van der Waals surface area contributed by atoms with Gasteiger partial charge in [0.15, 0.2) is 0 Å². The van der Waals surface area contributed by atoms with Crippen LogP contribution in [0, 0.1) is 5.92 Å². The smallest absolute Gasteiger partial charge is 0.222 e. The predicted molar refractivity (Wildman–Crippen MR) is 71.6 cm³/mol. The average molecular weight is 268 g/mol. The van der Waals surface area contributed by atoms with E-state index < -0.39 is 0 Å². The molecule has 108 valence electrons. The van der Waals surface area contributed by atoms with Crippen molar-refractivity contribution in [2.45, 2.75) is 45.1 Å². The molecule has 2 aliphatic rings. The minimum Gasteiger partial charge on any atom is -0.382 e. The maximum absolute atomic E-state index is 12.1. The van der Waals surface area contributed by atoms with Crippen molar-refractivity contribution in [3.05, 3.63) is 0 Å². The van der Waals surface area contributed by atoms with E-state index in [1.54, 1.807) is 0 Å². The van der Waals surface area contributed by atoms with Crippen molar-refractivity contribution < 1.29 is 14.3 Å². The lowest BCUT2D eigenvalue weighted by molar-refractivity contribution is -0.135. The third kappa shape index (κ3) is 3.93. The van der Waals surface area contributed by atoms with Crippen molar-refractivity contribution in [1.29, 1.82) is 0 Å². The van der Waals surface area contributed by atoms with Gasteiger partial charge >= 0.3 is 0 Å². The van der Waals surface area contributed by atoms with Gasteiger partial charge in [0.1, 0.15) is 0 Å². The van der Waals surface area contributed by atoms with Gasteiger partial charge in [0.2, 0.25) is 11.8 Å². The maximum atomic E-state index is 12.1. The van der Waals surface area contributed by atoms with Crippen LogP contribution < -0.4 is 5.32 Å². The van der Waals surface area contributed by atoms with Gasteiger partial charge in [-0.25, -0.2) is 0 Å². The van der Waals surface area contributed by atoms with E-state index in [4.69, 9.17) is 4.74 Å². The van der Waals surface area contributed by atoms with Crippen LogP contribution in [0.3, 0.4) is 0 Å². The molecular weight excluding hydrogens is 244 g/mol. The summed E-state index contributed by atoms with van der Waals surface area (Å²) in [7, 11) is 0. The number of fused-ring (bicyclic) bond motifs is 1. The molecule has 1 N–H and O–H groups in total. The topological polar surface area (TPSA) is 58.6 Å². The van der Waals surface area contributed by atoms with Crippen LogP contribution in [0.1, 0.15) is 39.0 Å². The van der Waals surface area contributed by atoms with Crippen molar-refractivity contribution in [1.82, 2.24) is 10.2 Å². The van der Waals surface area contributed by atoms with Crippen LogP contribution in [-0.4, -0.2) is 49.1 Å². The average Bonchev–Trinajstić information content (AvgIpc) is 2.42. The Labute approximate surface area is 114 Å². The molecule has 0 aliphatic carbocycles. The number of carbonyl (C=O) groups excluding carboxylic acids is 2. The first-order valence-corrected chi connectivity index (χ1v) is 7.35. The van der Waals surface area contributed by atoms with E-state index in [9.17, 15) is 9.59 Å². The molecule has 0 spiro atoms. The normalized spacial score (nSPS) is 26.8. The number of nitrogens with one attached hydrogen (secondary N) is 1. The number of amides is 2. The molecular formula is C14H24N2O3. The van der Waals surface area contributed by atoms with Crippen LogP contribution >= 0.6 is 0 Å². The van der Waals surface area contributed by atoms with E-state index in [2.05, 4.69) is 5.32 Å². The molecule has 5 heteroatoms. The molecule has 0 saturated carbocycles. The monoisotopic (exact) mass is 268 g/mol. The van der Waals surface area contributed by atoms with Crippen molar-refractivity contribution in [2.24, 2.45) is 5.92 Å². The van der Waals surface area contributed by atoms with E-state index >= 15 is 0 Å². The SMILES string of the molecule is CCOCCCC(=O)N1CCC2NC(=O)CCC2C1. The highest BCUT2D eigenvalue weighted by molar-refractivity contribution is 5.78. The number of nitrogens with zero attached hydrogens (tertiary/aromatic N) is 1. The summed E-state index contributed by atoms with van der Waals surface area (Å²) < 4.78 is 5.25. The van der Waals surface area contributed by atoms with Gasteiger partial charge in [-0.1, -0.05) is 0 Å². The predicted octanol–water partition coefficient (Wildman–Crippen LogP) is 0.930. The zero-order valence-electron chi connectivity index (χ0n) is 11.7. The second kappa shape index (κ2) is 6.89. The Morgan fingerprint density at radius 2 is 2.32 bits per heavy atom. The van der Waals surface area contributed by atoms with Gasteiger partial charge in [-0.05, 0) is 32.1 Å². The molecule has 2 aliphatic heterocycles. The van der Waals surface area contributed by atoms with Crippen LogP contribution in [0.25, 0.3) is 0 Å². The van der Waals surface area contributed by atoms with Gasteiger partial charge in [-0.3, -0.25) is 9.59 Å². The van der Waals surface area contributed by atoms with Crippen LogP contribution in [0.4, 0.5) is 0 Å². The zero-order chi connectivity index (χ0) is 13.7. The number of piperidine rings is 2. The Kier molecular flexibility index (Phi) is 5.19. The van der Waals surface area contributed by atoms with E-state index in [-0.39, 0.29) is 17.9 Å². The number of likely N-dealkylation sites (tertiary alicyclic amines) is 1. The second-order valence-electron chi connectivity index (χ2n) is 5.40. The lowest BCUT2D eigenvalue weighted by Crippen LogP contribution is -2.55. The summed E-state index contributed by atoms with van der Waals surface area (Å²) in [5.74, 6) is 0.843. The molecule has 2 amide bonds. The molecule has 2 rings (SSSR count). The maximum Gasteiger partial charge on any atom is 0.222 e. The van der Waals surface area contributed by atoms with Crippen LogP contribution in [0.5, 0.6) is 0 Å². The van der Waals surface area contributed by atoms with Crippen molar-refractivity contribution in [3.8, 4) is 0 Å². The largest absolute Gasteiger partial charge is 0.382 e. The summed E-state index contributed by atoms with van der Waals surface area (Å²) in [6.45, 7) is 4.91. The third-order valence-corrected chi connectivity index (χ3v) is 4.06. The van der Waals surface area contributed by atoms with Crippen LogP contribution in [-0.2, 0) is 14.3 Å². The summed E-state index contributed by atoms with van der Waals surface area (Å²) in [4.78, 5) is 25.4. The number of rotatable bonds is 5. The Morgan fingerprint density at radius 3 is 3.11 bits per heavy atom. The highest BCUT2D eigenvalue weighted by Crippen LogP contribution is 2.25. The second-order valence-corrected chi connectivity index (χ2v) is 5.40. The van der Waals surface area contributed by atoms with Gasteiger partial charge in [0, 0.05) is 45.2 Å². The minimum atomic E-state index is 0.165. The van der Waals surface area contributed by atoms with E-state index in [0.717, 1.165) is 32.4 Å². The van der Waals surface area contributed by atoms with Gasteiger partial charge in [0.05, 0.1) is 0 Å². The molecule has 0 aromatic rings. The summed E-state index contributed by atoms with van der Waals surface area (Å²) in [6.07, 6.45) is 3.79. The first kappa shape index (κ1) is 14.3. The lowest BCUT2D eigenvalue weighted by Gasteiger charge is -2.41. The fourth-order valence-electron chi connectivity index (χ4n) is 2.96. The summed E-state index contributed by atoms with van der Waals surface area (Å²) >= 11 is 0. The summed E-state index contributed by atoms with van der Waals surface area (Å²) in [6, 6.07) is 0.286. The first-order valence-electron chi connectivity index (χ1n) is 7.35. The summed E-state index contributed by atoms with van der Waals surface area (Å²) in [5.41, 5.74) is 0. The van der Waals surface area contributed by atoms with Crippen molar-refractivity contribution in [3.63, 3.8) is 0 Å². The van der Waals surface area contributed by atoms with E-state index in [1.165, 1.54) is 0 Å². The zero-order valence-corrected chi connectivity index (χ0v) is 11.7. The molecule has 2 unspecified atom stereocenters. The number of carbonyl (C=O) groups is 2. The minimum absolute atomic E-state index is 0.165. The standard InChI is InChI=1S/C14H24N2O3/c1-2-19-9-3-4-14(18)16-8-7-12-11(10-16)5-6-13(17)15-12/h11-12H,2-10H2,1H3,(H,15,17). The van der Waals surface area contributed by atoms with Gasteiger partial charge < -0.3 is 15.0 Å². The summed E-state index contributed by atoms with van der Waals surface area (Å²) in [5, 5.41) is 3.04. The lowest BCUT2D eigenvalue weighted by atomic mass is 9.85.